The van der Waals surface area contributed by atoms with E-state index in [1.807, 2.05) is 43.3 Å². The van der Waals surface area contributed by atoms with Gasteiger partial charge in [-0.2, -0.15) is 5.26 Å². The van der Waals surface area contributed by atoms with Gasteiger partial charge in [0.2, 0.25) is 0 Å². The van der Waals surface area contributed by atoms with Crippen LogP contribution >= 0.6 is 11.6 Å². The highest BCUT2D eigenvalue weighted by Gasteiger charge is 2.18. The zero-order chi connectivity index (χ0) is 22.9. The molecule has 0 fully saturated rings. The van der Waals surface area contributed by atoms with Crippen LogP contribution in [0.4, 0.5) is 11.5 Å². The smallest absolute Gasteiger partial charge is 0.341 e. The molecule has 1 aromatic heterocycles. The van der Waals surface area contributed by atoms with Crippen LogP contribution in [-0.4, -0.2) is 23.9 Å². The zero-order valence-electron chi connectivity index (χ0n) is 17.7. The highest BCUT2D eigenvalue weighted by atomic mass is 35.5. The predicted molar refractivity (Wildman–Crippen MR) is 121 cm³/mol. The number of aromatic nitrogens is 1. The Hall–Kier alpha value is -3.60. The molecule has 0 aliphatic heterocycles. The van der Waals surface area contributed by atoms with E-state index in [0.717, 1.165) is 5.56 Å². The number of esters is 1. The van der Waals surface area contributed by atoms with Crippen molar-refractivity contribution < 1.29 is 19.0 Å². The molecular weight excluding hydrogens is 430 g/mol. The number of hydrogen-bond donors (Lipinski definition) is 1. The topological polar surface area (TPSA) is 93.5 Å². The molecular formula is C24H22ClN3O4. The average molecular weight is 452 g/mol. The maximum Gasteiger partial charge on any atom is 0.341 e. The van der Waals surface area contributed by atoms with Gasteiger partial charge in [0.25, 0.3) is 0 Å². The SMILES string of the molecule is CCOC(=O)c1cc(C#N)c(Cl)nc1Nc1cccc(OC(C)OCc2ccccc2)c1. The van der Waals surface area contributed by atoms with E-state index in [1.54, 1.807) is 31.2 Å². The van der Waals surface area contributed by atoms with Crippen LogP contribution in [0.15, 0.2) is 60.7 Å². The third kappa shape index (κ3) is 6.20. The van der Waals surface area contributed by atoms with Gasteiger partial charge < -0.3 is 19.5 Å². The van der Waals surface area contributed by atoms with Crippen molar-refractivity contribution >= 4 is 29.1 Å². The fourth-order valence-corrected chi connectivity index (χ4v) is 3.01. The van der Waals surface area contributed by atoms with E-state index in [1.165, 1.54) is 6.07 Å². The molecule has 0 aliphatic rings. The summed E-state index contributed by atoms with van der Waals surface area (Å²) in [6, 6.07) is 20.2. The first-order chi connectivity index (χ1) is 15.5. The molecule has 0 aliphatic carbocycles. The van der Waals surface area contributed by atoms with Gasteiger partial charge in [0.15, 0.2) is 6.29 Å². The highest BCUT2D eigenvalue weighted by molar-refractivity contribution is 6.30. The Morgan fingerprint density at radius 1 is 1.19 bits per heavy atom. The van der Waals surface area contributed by atoms with E-state index in [2.05, 4.69) is 10.3 Å². The fraction of sp³-hybridized carbons (Fsp3) is 0.208. The molecule has 1 unspecified atom stereocenters. The second-order valence-corrected chi connectivity index (χ2v) is 7.05. The molecule has 0 saturated carbocycles. The van der Waals surface area contributed by atoms with Gasteiger partial charge in [-0.3, -0.25) is 0 Å². The number of carbonyl (C=O) groups is 1. The van der Waals surface area contributed by atoms with Crippen LogP contribution in [0.2, 0.25) is 5.15 Å². The lowest BCUT2D eigenvalue weighted by Gasteiger charge is -2.17. The number of nitriles is 1. The van der Waals surface area contributed by atoms with Crippen molar-refractivity contribution in [2.75, 3.05) is 11.9 Å². The molecule has 7 nitrogen and oxygen atoms in total. The van der Waals surface area contributed by atoms with Gasteiger partial charge >= 0.3 is 5.97 Å². The van der Waals surface area contributed by atoms with E-state index in [4.69, 9.17) is 25.8 Å². The Bertz CT molecular complexity index is 1120. The average Bonchev–Trinajstić information content (AvgIpc) is 2.79. The molecule has 3 rings (SSSR count). The summed E-state index contributed by atoms with van der Waals surface area (Å²) in [5.41, 5.74) is 1.85. The van der Waals surface area contributed by atoms with Gasteiger partial charge in [0.1, 0.15) is 28.4 Å². The maximum atomic E-state index is 12.3. The first-order valence-corrected chi connectivity index (χ1v) is 10.3. The molecule has 32 heavy (non-hydrogen) atoms. The van der Waals surface area contributed by atoms with Crippen molar-refractivity contribution in [2.45, 2.75) is 26.7 Å². The van der Waals surface area contributed by atoms with Crippen molar-refractivity contribution in [1.82, 2.24) is 4.98 Å². The second kappa shape index (κ2) is 11.1. The zero-order valence-corrected chi connectivity index (χ0v) is 18.4. The van der Waals surface area contributed by atoms with E-state index in [9.17, 15) is 10.1 Å². The lowest BCUT2D eigenvalue weighted by atomic mass is 10.2. The number of nitrogens with zero attached hydrogens (tertiary/aromatic N) is 2. The lowest BCUT2D eigenvalue weighted by molar-refractivity contribution is -0.0758. The predicted octanol–water partition coefficient (Wildman–Crippen LogP) is 5.47. The number of rotatable bonds is 9. The summed E-state index contributed by atoms with van der Waals surface area (Å²) in [6.45, 7) is 4.12. The Labute approximate surface area is 191 Å². The Morgan fingerprint density at radius 3 is 2.69 bits per heavy atom. The quantitative estimate of drug-likeness (QED) is 0.262. The summed E-state index contributed by atoms with van der Waals surface area (Å²) in [6.07, 6.45) is -0.483. The number of ether oxygens (including phenoxy) is 3. The molecule has 3 aromatic rings. The molecule has 1 N–H and O–H groups in total. The van der Waals surface area contributed by atoms with Crippen LogP contribution < -0.4 is 10.1 Å². The molecule has 0 bridgehead atoms. The molecule has 0 spiro atoms. The summed E-state index contributed by atoms with van der Waals surface area (Å²) in [5.74, 6) is 0.136. The van der Waals surface area contributed by atoms with Crippen molar-refractivity contribution in [3.05, 3.63) is 82.5 Å². The summed E-state index contributed by atoms with van der Waals surface area (Å²) >= 11 is 6.07. The van der Waals surface area contributed by atoms with Crippen molar-refractivity contribution in [3.63, 3.8) is 0 Å². The van der Waals surface area contributed by atoms with Gasteiger partial charge in [-0.1, -0.05) is 48.0 Å². The van der Waals surface area contributed by atoms with Crippen molar-refractivity contribution in [1.29, 1.82) is 5.26 Å². The summed E-state index contributed by atoms with van der Waals surface area (Å²) in [5, 5.41) is 12.2. The molecule has 2 aromatic carbocycles. The van der Waals surface area contributed by atoms with Gasteiger partial charge in [-0.15, -0.1) is 0 Å². The minimum absolute atomic E-state index is 0.0154. The van der Waals surface area contributed by atoms with E-state index in [0.29, 0.717) is 18.0 Å². The van der Waals surface area contributed by atoms with Crippen molar-refractivity contribution in [2.24, 2.45) is 0 Å². The summed E-state index contributed by atoms with van der Waals surface area (Å²) < 4.78 is 16.7. The molecule has 0 saturated heterocycles. The van der Waals surface area contributed by atoms with Gasteiger partial charge in [0, 0.05) is 11.8 Å². The minimum atomic E-state index is -0.606. The van der Waals surface area contributed by atoms with Crippen LogP contribution in [0.3, 0.4) is 0 Å². The van der Waals surface area contributed by atoms with Crippen LogP contribution in [0.25, 0.3) is 0 Å². The number of anilines is 2. The van der Waals surface area contributed by atoms with E-state index < -0.39 is 12.3 Å². The molecule has 0 amide bonds. The van der Waals surface area contributed by atoms with Crippen LogP contribution in [0.5, 0.6) is 5.75 Å². The third-order valence-corrected chi connectivity index (χ3v) is 4.61. The second-order valence-electron chi connectivity index (χ2n) is 6.69. The van der Waals surface area contributed by atoms with E-state index >= 15 is 0 Å². The number of carbonyl (C=O) groups excluding carboxylic acids is 1. The molecule has 164 valence electrons. The van der Waals surface area contributed by atoms with Crippen LogP contribution in [0, 0.1) is 11.3 Å². The number of nitrogens with one attached hydrogen (secondary N) is 1. The van der Waals surface area contributed by atoms with Crippen LogP contribution in [-0.2, 0) is 16.1 Å². The van der Waals surface area contributed by atoms with Crippen LogP contribution in [0.1, 0.15) is 35.3 Å². The first kappa shape index (κ1) is 23.1. The minimum Gasteiger partial charge on any atom is -0.465 e. The molecule has 8 heteroatoms. The molecule has 0 radical (unpaired) electrons. The Balaban J connectivity index is 1.73. The van der Waals surface area contributed by atoms with E-state index in [-0.39, 0.29) is 28.7 Å². The van der Waals surface area contributed by atoms with Gasteiger partial charge in [0.05, 0.1) is 18.8 Å². The maximum absolute atomic E-state index is 12.3. The number of pyridine rings is 1. The monoisotopic (exact) mass is 451 g/mol. The van der Waals surface area contributed by atoms with Gasteiger partial charge in [-0.25, -0.2) is 9.78 Å². The Kier molecular flexibility index (Phi) is 8.03. The number of benzene rings is 2. The van der Waals surface area contributed by atoms with Crippen molar-refractivity contribution in [3.8, 4) is 11.8 Å². The largest absolute Gasteiger partial charge is 0.465 e. The Morgan fingerprint density at radius 2 is 1.97 bits per heavy atom. The number of hydrogen-bond acceptors (Lipinski definition) is 7. The third-order valence-electron chi connectivity index (χ3n) is 4.32. The fourth-order valence-electron chi connectivity index (χ4n) is 2.83. The highest BCUT2D eigenvalue weighted by Crippen LogP contribution is 2.27. The number of halogens is 1. The molecule has 1 atom stereocenters. The standard InChI is InChI=1S/C24H22ClN3O4/c1-3-30-24(29)21-12-18(14-26)22(25)28-23(21)27-19-10-7-11-20(13-19)32-16(2)31-15-17-8-5-4-6-9-17/h4-13,16H,3,15H2,1-2H3,(H,27,28). The van der Waals surface area contributed by atoms with Gasteiger partial charge in [-0.05, 0) is 37.6 Å². The normalized spacial score (nSPS) is 11.3. The summed E-state index contributed by atoms with van der Waals surface area (Å²) in [4.78, 5) is 16.5. The lowest BCUT2D eigenvalue weighted by Crippen LogP contribution is -2.16. The summed E-state index contributed by atoms with van der Waals surface area (Å²) in [7, 11) is 0. The first-order valence-electron chi connectivity index (χ1n) is 9.97. The molecule has 1 heterocycles.